The average Bonchev–Trinajstić information content (AvgIpc) is 3.03. The van der Waals surface area contributed by atoms with Crippen LogP contribution in [0.2, 0.25) is 0 Å². The summed E-state index contributed by atoms with van der Waals surface area (Å²) in [5, 5.41) is 10.8. The molecule has 0 saturated carbocycles. The van der Waals surface area contributed by atoms with E-state index in [1.807, 2.05) is 32.0 Å². The van der Waals surface area contributed by atoms with Gasteiger partial charge in [-0.2, -0.15) is 0 Å². The molecule has 7 heteroatoms. The zero-order chi connectivity index (χ0) is 20.4. The van der Waals surface area contributed by atoms with Gasteiger partial charge in [0.05, 0.1) is 18.9 Å². The molecule has 0 amide bonds. The molecule has 2 atom stereocenters. The number of rotatable bonds is 10. The van der Waals surface area contributed by atoms with Crippen molar-refractivity contribution in [1.29, 1.82) is 0 Å². The third-order valence-electron chi connectivity index (χ3n) is 4.58. The number of aliphatic imine (C=N–C) groups is 1. The highest BCUT2D eigenvalue weighted by Gasteiger charge is 2.16. The fraction of sp³-hybridized carbons (Fsp3) is 0.545. The lowest BCUT2D eigenvalue weighted by Crippen LogP contribution is -2.39. The summed E-state index contributed by atoms with van der Waals surface area (Å²) >= 11 is 0. The van der Waals surface area contributed by atoms with Crippen LogP contribution >= 0.6 is 24.0 Å². The van der Waals surface area contributed by atoms with Crippen LogP contribution in [-0.2, 0) is 11.3 Å². The van der Waals surface area contributed by atoms with Gasteiger partial charge in [-0.05, 0) is 32.3 Å². The Labute approximate surface area is 191 Å². The summed E-state index contributed by atoms with van der Waals surface area (Å²) in [6.45, 7) is 14.0. The van der Waals surface area contributed by atoms with Crippen molar-refractivity contribution < 1.29 is 9.26 Å². The van der Waals surface area contributed by atoms with Crippen molar-refractivity contribution >= 4 is 29.9 Å². The van der Waals surface area contributed by atoms with E-state index in [4.69, 9.17) is 14.3 Å². The van der Waals surface area contributed by atoms with Crippen molar-refractivity contribution in [3.63, 3.8) is 0 Å². The lowest BCUT2D eigenvalue weighted by molar-refractivity contribution is 0.0945. The fourth-order valence-electron chi connectivity index (χ4n) is 3.14. The van der Waals surface area contributed by atoms with Crippen molar-refractivity contribution in [2.24, 2.45) is 10.9 Å². The molecule has 0 aliphatic heterocycles. The molecule has 2 rings (SSSR count). The standard InChI is InChI=1S/C22H34N4O2.HI/c1-6-23-22(25-13-17(3)21-18(4)26-28-19(21)5)24-12-16(2)14-27-15-20-10-8-7-9-11-20;/h7-11,16-17H,6,12-15H2,1-5H3,(H2,23,24,25);1H. The van der Waals surface area contributed by atoms with Gasteiger partial charge in [0.25, 0.3) is 0 Å². The Morgan fingerprint density at radius 3 is 2.52 bits per heavy atom. The number of aryl methyl sites for hydroxylation is 2. The largest absolute Gasteiger partial charge is 0.376 e. The topological polar surface area (TPSA) is 71.7 Å². The summed E-state index contributed by atoms with van der Waals surface area (Å²) in [6.07, 6.45) is 0. The maximum atomic E-state index is 5.82. The molecule has 2 aromatic rings. The van der Waals surface area contributed by atoms with Gasteiger partial charge in [-0.25, -0.2) is 0 Å². The van der Waals surface area contributed by atoms with Crippen LogP contribution in [0.25, 0.3) is 0 Å². The number of hydrogen-bond donors (Lipinski definition) is 2. The van der Waals surface area contributed by atoms with Crippen molar-refractivity contribution in [3.05, 3.63) is 52.9 Å². The minimum Gasteiger partial charge on any atom is -0.376 e. The minimum atomic E-state index is 0. The van der Waals surface area contributed by atoms with Gasteiger partial charge < -0.3 is 19.9 Å². The molecule has 1 heterocycles. The highest BCUT2D eigenvalue weighted by molar-refractivity contribution is 14.0. The number of guanidine groups is 1. The first-order chi connectivity index (χ1) is 13.5. The number of aromatic nitrogens is 1. The van der Waals surface area contributed by atoms with Crippen molar-refractivity contribution in [2.45, 2.75) is 47.1 Å². The van der Waals surface area contributed by atoms with Crippen LogP contribution in [0.1, 0.15) is 49.3 Å². The normalized spacial score (nSPS) is 13.5. The Hall–Kier alpha value is -1.61. The fourth-order valence-corrected chi connectivity index (χ4v) is 3.14. The molecule has 0 saturated heterocycles. The summed E-state index contributed by atoms with van der Waals surface area (Å²) in [5.41, 5.74) is 3.32. The first kappa shape index (κ1) is 25.4. The predicted octanol–water partition coefficient (Wildman–Crippen LogP) is 4.42. The molecule has 1 aromatic heterocycles. The number of halogens is 1. The van der Waals surface area contributed by atoms with Gasteiger partial charge in [0, 0.05) is 31.1 Å². The molecule has 0 aliphatic rings. The van der Waals surface area contributed by atoms with Gasteiger partial charge in [-0.1, -0.05) is 49.3 Å². The van der Waals surface area contributed by atoms with E-state index in [-0.39, 0.29) is 24.0 Å². The molecular weight excluding hydrogens is 479 g/mol. The number of ether oxygens (including phenoxy) is 1. The van der Waals surface area contributed by atoms with Gasteiger partial charge in [0.2, 0.25) is 0 Å². The van der Waals surface area contributed by atoms with E-state index in [0.29, 0.717) is 31.6 Å². The van der Waals surface area contributed by atoms with E-state index in [2.05, 4.69) is 48.7 Å². The molecule has 1 aromatic carbocycles. The SMILES string of the molecule is CCNC(=NCC(C)COCc1ccccc1)NCC(C)c1c(C)noc1C.I. The van der Waals surface area contributed by atoms with Crippen molar-refractivity contribution in [3.8, 4) is 0 Å². The van der Waals surface area contributed by atoms with Crippen LogP contribution in [-0.4, -0.2) is 37.4 Å². The summed E-state index contributed by atoms with van der Waals surface area (Å²) < 4.78 is 11.1. The maximum Gasteiger partial charge on any atom is 0.191 e. The summed E-state index contributed by atoms with van der Waals surface area (Å²) in [6, 6.07) is 10.2. The van der Waals surface area contributed by atoms with Crippen LogP contribution < -0.4 is 10.6 Å². The van der Waals surface area contributed by atoms with Gasteiger partial charge in [-0.3, -0.25) is 4.99 Å². The number of nitrogens with zero attached hydrogens (tertiary/aromatic N) is 2. The number of benzene rings is 1. The second-order valence-electron chi connectivity index (χ2n) is 7.35. The predicted molar refractivity (Wildman–Crippen MR) is 129 cm³/mol. The van der Waals surface area contributed by atoms with Crippen molar-refractivity contribution in [1.82, 2.24) is 15.8 Å². The van der Waals surface area contributed by atoms with Crippen LogP contribution in [0.3, 0.4) is 0 Å². The summed E-state index contributed by atoms with van der Waals surface area (Å²) in [5.74, 6) is 2.36. The number of hydrogen-bond acceptors (Lipinski definition) is 4. The number of nitrogens with one attached hydrogen (secondary N) is 2. The lowest BCUT2D eigenvalue weighted by atomic mass is 10.00. The highest BCUT2D eigenvalue weighted by Crippen LogP contribution is 2.22. The molecule has 6 nitrogen and oxygen atoms in total. The van der Waals surface area contributed by atoms with Crippen LogP contribution in [0.4, 0.5) is 0 Å². The Bertz CT molecular complexity index is 714. The molecule has 2 N–H and O–H groups in total. The van der Waals surface area contributed by atoms with Crippen LogP contribution in [0.5, 0.6) is 0 Å². The van der Waals surface area contributed by atoms with E-state index < -0.39 is 0 Å². The minimum absolute atomic E-state index is 0. The second kappa shape index (κ2) is 13.6. The van der Waals surface area contributed by atoms with E-state index >= 15 is 0 Å². The second-order valence-corrected chi connectivity index (χ2v) is 7.35. The molecule has 162 valence electrons. The molecule has 0 spiro atoms. The van der Waals surface area contributed by atoms with Gasteiger partial charge >= 0.3 is 0 Å². The van der Waals surface area contributed by atoms with Gasteiger partial charge in [0.1, 0.15) is 5.76 Å². The Kier molecular flexibility index (Phi) is 11.9. The molecular formula is C22H35IN4O2. The molecule has 0 bridgehead atoms. The molecule has 2 unspecified atom stereocenters. The molecule has 0 radical (unpaired) electrons. The lowest BCUT2D eigenvalue weighted by Gasteiger charge is -2.17. The maximum absolute atomic E-state index is 5.82. The quantitative estimate of drug-likeness (QED) is 0.279. The van der Waals surface area contributed by atoms with E-state index in [1.165, 1.54) is 11.1 Å². The van der Waals surface area contributed by atoms with Crippen LogP contribution in [0, 0.1) is 19.8 Å². The van der Waals surface area contributed by atoms with Crippen molar-refractivity contribution in [2.75, 3.05) is 26.2 Å². The first-order valence-electron chi connectivity index (χ1n) is 10.1. The summed E-state index contributed by atoms with van der Waals surface area (Å²) in [7, 11) is 0. The zero-order valence-electron chi connectivity index (χ0n) is 18.2. The highest BCUT2D eigenvalue weighted by atomic mass is 127. The molecule has 0 fully saturated rings. The monoisotopic (exact) mass is 514 g/mol. The van der Waals surface area contributed by atoms with Crippen LogP contribution in [0.15, 0.2) is 39.8 Å². The van der Waals surface area contributed by atoms with E-state index in [1.54, 1.807) is 0 Å². The third kappa shape index (κ3) is 8.74. The molecule has 0 aliphatic carbocycles. The zero-order valence-corrected chi connectivity index (χ0v) is 20.5. The Morgan fingerprint density at radius 1 is 1.17 bits per heavy atom. The van der Waals surface area contributed by atoms with E-state index in [0.717, 1.165) is 30.5 Å². The summed E-state index contributed by atoms with van der Waals surface area (Å²) in [4.78, 5) is 4.71. The van der Waals surface area contributed by atoms with Gasteiger partial charge in [0.15, 0.2) is 5.96 Å². The Morgan fingerprint density at radius 2 is 1.90 bits per heavy atom. The average molecular weight is 514 g/mol. The first-order valence-corrected chi connectivity index (χ1v) is 10.1. The smallest absolute Gasteiger partial charge is 0.191 e. The van der Waals surface area contributed by atoms with Gasteiger partial charge in [-0.15, -0.1) is 24.0 Å². The Balaban J connectivity index is 0.00000420. The molecule has 29 heavy (non-hydrogen) atoms. The third-order valence-corrected chi connectivity index (χ3v) is 4.58. The van der Waals surface area contributed by atoms with E-state index in [9.17, 15) is 0 Å².